The molecule has 0 aromatic carbocycles. The predicted octanol–water partition coefficient (Wildman–Crippen LogP) is 3.04. The zero-order chi connectivity index (χ0) is 13.2. The number of aryl methyl sites for hydroxylation is 2. The van der Waals surface area contributed by atoms with Crippen LogP contribution in [0.3, 0.4) is 0 Å². The monoisotopic (exact) mass is 237 g/mol. The second kappa shape index (κ2) is 4.90. The second-order valence-electron chi connectivity index (χ2n) is 5.83. The summed E-state index contributed by atoms with van der Waals surface area (Å²) in [5.74, 6) is 0.398. The third-order valence-electron chi connectivity index (χ3n) is 3.36. The molecule has 1 atom stereocenters. The number of hydrogen-bond donors (Lipinski definition) is 2. The van der Waals surface area contributed by atoms with Gasteiger partial charge in [-0.05, 0) is 25.2 Å². The lowest BCUT2D eigenvalue weighted by atomic mass is 9.80. The van der Waals surface area contributed by atoms with Gasteiger partial charge in [0.2, 0.25) is 5.91 Å². The van der Waals surface area contributed by atoms with Crippen LogP contribution in [0.2, 0.25) is 0 Å². The van der Waals surface area contributed by atoms with Crippen molar-refractivity contribution >= 4 is 11.6 Å². The van der Waals surface area contributed by atoms with Crippen LogP contribution in [-0.4, -0.2) is 16.1 Å². The van der Waals surface area contributed by atoms with Crippen molar-refractivity contribution in [2.24, 2.45) is 11.3 Å². The number of carbonyl (C=O) groups is 1. The van der Waals surface area contributed by atoms with Gasteiger partial charge in [0.1, 0.15) is 0 Å². The topological polar surface area (TPSA) is 57.8 Å². The van der Waals surface area contributed by atoms with Crippen LogP contribution in [0.5, 0.6) is 0 Å². The largest absolute Gasteiger partial charge is 0.323 e. The van der Waals surface area contributed by atoms with Gasteiger partial charge in [-0.15, -0.1) is 0 Å². The number of carbonyl (C=O) groups excluding carboxylic acids is 1. The average Bonchev–Trinajstić information content (AvgIpc) is 2.48. The van der Waals surface area contributed by atoms with Crippen LogP contribution >= 0.6 is 0 Å². The van der Waals surface area contributed by atoms with Crippen LogP contribution in [0.15, 0.2) is 0 Å². The van der Waals surface area contributed by atoms with Crippen molar-refractivity contribution in [3.05, 3.63) is 11.4 Å². The minimum absolute atomic E-state index is 0.0556. The number of hydrogen-bond acceptors (Lipinski definition) is 2. The number of aromatic amines is 1. The molecule has 0 spiro atoms. The van der Waals surface area contributed by atoms with E-state index in [1.54, 1.807) is 0 Å². The van der Waals surface area contributed by atoms with Crippen molar-refractivity contribution < 1.29 is 4.79 Å². The van der Waals surface area contributed by atoms with Gasteiger partial charge in [0.15, 0.2) is 0 Å². The summed E-state index contributed by atoms with van der Waals surface area (Å²) in [6.07, 6.45) is 0.535. The number of anilines is 1. The number of H-pyrrole nitrogens is 1. The lowest BCUT2D eigenvalue weighted by molar-refractivity contribution is -0.117. The SMILES string of the molecule is Cc1n[nH]c(C)c1NC(=O)CC(C)C(C)(C)C. The van der Waals surface area contributed by atoms with Gasteiger partial charge in [0, 0.05) is 6.42 Å². The van der Waals surface area contributed by atoms with Gasteiger partial charge in [-0.25, -0.2) is 0 Å². The smallest absolute Gasteiger partial charge is 0.224 e. The molecule has 4 nitrogen and oxygen atoms in total. The van der Waals surface area contributed by atoms with Crippen LogP contribution in [0.25, 0.3) is 0 Å². The Morgan fingerprint density at radius 2 is 2.00 bits per heavy atom. The first kappa shape index (κ1) is 13.7. The van der Waals surface area contributed by atoms with Gasteiger partial charge in [-0.1, -0.05) is 27.7 Å². The third-order valence-corrected chi connectivity index (χ3v) is 3.36. The molecule has 1 heterocycles. The summed E-state index contributed by atoms with van der Waals surface area (Å²) in [7, 11) is 0. The van der Waals surface area contributed by atoms with E-state index in [1.165, 1.54) is 0 Å². The van der Waals surface area contributed by atoms with Crippen LogP contribution < -0.4 is 5.32 Å². The van der Waals surface area contributed by atoms with Crippen LogP contribution in [0, 0.1) is 25.2 Å². The molecule has 0 saturated heterocycles. The molecule has 1 rings (SSSR count). The highest BCUT2D eigenvalue weighted by atomic mass is 16.1. The Kier molecular flexibility index (Phi) is 3.96. The molecule has 17 heavy (non-hydrogen) atoms. The maximum Gasteiger partial charge on any atom is 0.224 e. The molecule has 0 fully saturated rings. The number of rotatable bonds is 3. The normalized spacial score (nSPS) is 13.5. The molecular formula is C13H23N3O. The highest BCUT2D eigenvalue weighted by Gasteiger charge is 2.23. The standard InChI is InChI=1S/C13H23N3O/c1-8(13(4,5)6)7-11(17)14-12-9(2)15-16-10(12)3/h8H,7H2,1-6H3,(H,14,17)(H,15,16). The molecule has 1 amide bonds. The number of aromatic nitrogens is 2. The zero-order valence-corrected chi connectivity index (χ0v) is 11.6. The van der Waals surface area contributed by atoms with Crippen molar-refractivity contribution in [1.82, 2.24) is 10.2 Å². The van der Waals surface area contributed by atoms with E-state index in [9.17, 15) is 4.79 Å². The molecule has 1 aromatic rings. The van der Waals surface area contributed by atoms with E-state index in [1.807, 2.05) is 13.8 Å². The van der Waals surface area contributed by atoms with Gasteiger partial charge in [0.25, 0.3) is 0 Å². The highest BCUT2D eigenvalue weighted by Crippen LogP contribution is 2.28. The van der Waals surface area contributed by atoms with Crippen LogP contribution in [0.4, 0.5) is 5.69 Å². The first-order valence-electron chi connectivity index (χ1n) is 6.03. The average molecular weight is 237 g/mol. The van der Waals surface area contributed by atoms with Crippen molar-refractivity contribution in [2.45, 2.75) is 48.0 Å². The maximum atomic E-state index is 11.9. The van der Waals surface area contributed by atoms with Crippen molar-refractivity contribution in [3.8, 4) is 0 Å². The number of nitrogens with one attached hydrogen (secondary N) is 2. The Balaban J connectivity index is 2.63. The number of amides is 1. The quantitative estimate of drug-likeness (QED) is 0.849. The summed E-state index contributed by atoms with van der Waals surface area (Å²) in [6, 6.07) is 0. The lowest BCUT2D eigenvalue weighted by Gasteiger charge is -2.26. The molecule has 2 N–H and O–H groups in total. The van der Waals surface area contributed by atoms with Gasteiger partial charge >= 0.3 is 0 Å². The molecule has 4 heteroatoms. The predicted molar refractivity (Wildman–Crippen MR) is 69.9 cm³/mol. The van der Waals surface area contributed by atoms with E-state index in [0.717, 1.165) is 17.1 Å². The summed E-state index contributed by atoms with van der Waals surface area (Å²) in [5.41, 5.74) is 2.70. The third kappa shape index (κ3) is 3.58. The van der Waals surface area contributed by atoms with Crippen molar-refractivity contribution in [2.75, 3.05) is 5.32 Å². The van der Waals surface area contributed by atoms with Crippen LogP contribution in [-0.2, 0) is 4.79 Å². The number of nitrogens with zero attached hydrogens (tertiary/aromatic N) is 1. The molecule has 0 aliphatic heterocycles. The van der Waals surface area contributed by atoms with Gasteiger partial charge in [-0.2, -0.15) is 5.10 Å². The minimum Gasteiger partial charge on any atom is -0.323 e. The summed E-state index contributed by atoms with van der Waals surface area (Å²) >= 11 is 0. The van der Waals surface area contributed by atoms with Crippen LogP contribution in [0.1, 0.15) is 45.5 Å². The molecular weight excluding hydrogens is 214 g/mol. The Hall–Kier alpha value is -1.32. The second-order valence-corrected chi connectivity index (χ2v) is 5.83. The molecule has 0 bridgehead atoms. The Morgan fingerprint density at radius 1 is 1.41 bits per heavy atom. The summed E-state index contributed by atoms with van der Waals surface area (Å²) < 4.78 is 0. The Bertz CT molecular complexity index is 382. The molecule has 1 aromatic heterocycles. The summed E-state index contributed by atoms with van der Waals surface area (Å²) in [5, 5.41) is 9.85. The molecule has 0 aliphatic carbocycles. The summed E-state index contributed by atoms with van der Waals surface area (Å²) in [6.45, 7) is 12.3. The fourth-order valence-electron chi connectivity index (χ4n) is 1.51. The lowest BCUT2D eigenvalue weighted by Crippen LogP contribution is -2.24. The van der Waals surface area contributed by atoms with E-state index >= 15 is 0 Å². The Morgan fingerprint density at radius 3 is 2.41 bits per heavy atom. The maximum absolute atomic E-state index is 11.9. The Labute approximate surface area is 103 Å². The van der Waals surface area contributed by atoms with Crippen molar-refractivity contribution in [1.29, 1.82) is 0 Å². The fourth-order valence-corrected chi connectivity index (χ4v) is 1.51. The van der Waals surface area contributed by atoms with E-state index in [4.69, 9.17) is 0 Å². The fraction of sp³-hybridized carbons (Fsp3) is 0.692. The molecule has 96 valence electrons. The van der Waals surface area contributed by atoms with E-state index in [-0.39, 0.29) is 11.3 Å². The first-order chi connectivity index (χ1) is 7.71. The molecule has 0 saturated carbocycles. The minimum atomic E-state index is 0.0556. The van der Waals surface area contributed by atoms with Gasteiger partial charge in [0.05, 0.1) is 17.1 Å². The van der Waals surface area contributed by atoms with E-state index in [0.29, 0.717) is 12.3 Å². The summed E-state index contributed by atoms with van der Waals surface area (Å²) in [4.78, 5) is 11.9. The first-order valence-corrected chi connectivity index (χ1v) is 6.03. The molecule has 1 unspecified atom stereocenters. The van der Waals surface area contributed by atoms with E-state index < -0.39 is 0 Å². The van der Waals surface area contributed by atoms with Gasteiger partial charge < -0.3 is 5.32 Å². The highest BCUT2D eigenvalue weighted by molar-refractivity contribution is 5.92. The molecule has 0 aliphatic rings. The van der Waals surface area contributed by atoms with E-state index in [2.05, 4.69) is 43.2 Å². The zero-order valence-electron chi connectivity index (χ0n) is 11.6. The van der Waals surface area contributed by atoms with Crippen molar-refractivity contribution in [3.63, 3.8) is 0 Å². The molecule has 0 radical (unpaired) electrons. The van der Waals surface area contributed by atoms with Gasteiger partial charge in [-0.3, -0.25) is 9.89 Å².